The maximum atomic E-state index is 5.37. The summed E-state index contributed by atoms with van der Waals surface area (Å²) in [5.74, 6) is 1.65. The van der Waals surface area contributed by atoms with Crippen LogP contribution in [0.15, 0.2) is 449 Å². The summed E-state index contributed by atoms with van der Waals surface area (Å²) in [6.45, 7) is 0. The molecule has 0 fully saturated rings. The average Bonchev–Trinajstić information content (AvgIpc) is 1.57. The fraction of sp³-hybridized carbons (Fsp3) is 0. The van der Waals surface area contributed by atoms with Gasteiger partial charge in [-0.1, -0.05) is 309 Å². The topological polar surface area (TPSA) is 97.1 Å². The number of hydrogen-bond acceptors (Lipinski definition) is 10. The van der Waals surface area contributed by atoms with Crippen molar-refractivity contribution in [1.82, 2.24) is 48.2 Å². The van der Waals surface area contributed by atoms with Crippen LogP contribution in [0.2, 0.25) is 0 Å². The smallest absolute Gasteiger partial charge is 0.157 e. The second-order valence-corrected chi connectivity index (χ2v) is 40.1. The first kappa shape index (κ1) is 79.8. The standard InChI is InChI=1S/2C44H26N4S.C38H22N2S2/c1-2-11-30(12-3-1)47-36-16-8-7-15-33(36)35-24-28(19-22-38(35)47)29-18-21-34-32-14-6-9-17-37(32)48(39(34)25-29)41-26-45-44-43(46-41)42-31-13-5-4-10-27(31)20-23-40(42)49-44;1-2-11-30(12-3-1)47-36-16-8-6-14-32(36)34-24-28(18-21-38(34)47)29-19-22-39-35(25-29)33-15-7-9-17-37(33)48(39)41-26-45-44-43(46-41)42-31-13-5-4-10-27(31)20-23-40(42)49-44;1-2-10-28-24(7-1)19-20-34-35(28)36-38(42-34)39-22-32(40-36)27-9-5-8-26(21-27)23-15-17-25(18-16-23)29-12-6-13-31-30-11-3-4-14-33(30)41-37(29)31/h2*1-26H;1-22H. The predicted molar refractivity (Wildman–Crippen MR) is 595 cm³/mol. The van der Waals surface area contributed by atoms with Crippen LogP contribution in [0.1, 0.15) is 0 Å². The van der Waals surface area contributed by atoms with Crippen LogP contribution in [-0.2, 0) is 0 Å². The normalized spacial score (nSPS) is 12.0. The molecule has 0 saturated heterocycles. The largest absolute Gasteiger partial charge is 0.309 e. The first-order chi connectivity index (χ1) is 69.4. The molecule has 140 heavy (non-hydrogen) atoms. The summed E-state index contributed by atoms with van der Waals surface area (Å²) >= 11 is 7.00. The highest BCUT2D eigenvalue weighted by atomic mass is 32.1. The van der Waals surface area contributed by atoms with Gasteiger partial charge < -0.3 is 9.13 Å². The van der Waals surface area contributed by atoms with Gasteiger partial charge in [-0.2, -0.15) is 0 Å². The van der Waals surface area contributed by atoms with E-state index in [0.717, 1.165) is 87.3 Å². The molecule has 0 unspecified atom stereocenters. The molecule has 31 aromatic rings. The second-order valence-electron chi connectivity index (χ2n) is 35.9. The Balaban J connectivity index is 0.000000101. The Labute approximate surface area is 816 Å². The lowest BCUT2D eigenvalue weighted by Crippen LogP contribution is -1.98. The van der Waals surface area contributed by atoms with Gasteiger partial charge in [0.05, 0.1) is 68.4 Å². The number of benzene rings is 20. The van der Waals surface area contributed by atoms with Crippen molar-refractivity contribution in [2.24, 2.45) is 0 Å². The molecule has 0 N–H and O–H groups in total. The van der Waals surface area contributed by atoms with Gasteiger partial charge in [0.1, 0.15) is 31.0 Å². The Morgan fingerprint density at radius 1 is 0.186 bits per heavy atom. The Bertz CT molecular complexity index is 10600. The Morgan fingerprint density at radius 3 is 1.04 bits per heavy atom. The van der Waals surface area contributed by atoms with Crippen LogP contribution in [0.25, 0.3) is 280 Å². The van der Waals surface area contributed by atoms with Gasteiger partial charge in [0, 0.05) is 110 Å². The molecule has 0 radical (unpaired) electrons. The molecule has 652 valence electrons. The van der Waals surface area contributed by atoms with Crippen molar-refractivity contribution in [2.45, 2.75) is 0 Å². The summed E-state index contributed by atoms with van der Waals surface area (Å²) in [5, 5.41) is 23.3. The molecule has 10 nitrogen and oxygen atoms in total. The maximum Gasteiger partial charge on any atom is 0.157 e. The van der Waals surface area contributed by atoms with Crippen LogP contribution in [-0.4, -0.2) is 48.2 Å². The molecular weight excluding hydrogens is 1780 g/mol. The zero-order valence-electron chi connectivity index (χ0n) is 74.8. The molecule has 20 aromatic carbocycles. The monoisotopic (exact) mass is 1850 g/mol. The van der Waals surface area contributed by atoms with E-state index in [-0.39, 0.29) is 0 Å². The van der Waals surface area contributed by atoms with Gasteiger partial charge in [-0.05, 0) is 198 Å². The summed E-state index contributed by atoms with van der Waals surface area (Å²) < 4.78 is 15.6. The maximum absolute atomic E-state index is 5.37. The van der Waals surface area contributed by atoms with Crippen LogP contribution in [0.5, 0.6) is 0 Å². The van der Waals surface area contributed by atoms with Crippen LogP contribution in [0, 0.1) is 0 Å². The first-order valence-corrected chi connectivity index (χ1v) is 50.2. The first-order valence-electron chi connectivity index (χ1n) is 47.0. The Hall–Kier alpha value is -17.5. The van der Waals surface area contributed by atoms with Gasteiger partial charge in [-0.25, -0.2) is 29.9 Å². The fourth-order valence-corrected chi connectivity index (χ4v) is 26.0. The van der Waals surface area contributed by atoms with Crippen molar-refractivity contribution in [1.29, 1.82) is 0 Å². The minimum Gasteiger partial charge on any atom is -0.309 e. The minimum absolute atomic E-state index is 0.824. The summed E-state index contributed by atoms with van der Waals surface area (Å²) in [7, 11) is 0. The number of thiophene rings is 4. The summed E-state index contributed by atoms with van der Waals surface area (Å²) in [6.07, 6.45) is 5.77. The van der Waals surface area contributed by atoms with E-state index in [1.54, 1.807) is 34.0 Å². The van der Waals surface area contributed by atoms with Crippen molar-refractivity contribution in [3.8, 4) is 78.8 Å². The van der Waals surface area contributed by atoms with E-state index in [1.807, 2.05) is 29.9 Å². The Kier molecular flexibility index (Phi) is 18.3. The third-order valence-corrected chi connectivity index (χ3v) is 32.5. The summed E-state index contributed by atoms with van der Waals surface area (Å²) in [6, 6.07) is 155. The number of hydrogen-bond donors (Lipinski definition) is 0. The molecule has 0 aliphatic rings. The van der Waals surface area contributed by atoms with E-state index >= 15 is 0 Å². The third-order valence-electron chi connectivity index (χ3n) is 28.1. The average molecular weight is 1860 g/mol. The number of fused-ring (bicyclic) bond motifs is 30. The van der Waals surface area contributed by atoms with Gasteiger partial charge in [0.25, 0.3) is 0 Å². The van der Waals surface area contributed by atoms with Crippen molar-refractivity contribution >= 4 is 246 Å². The van der Waals surface area contributed by atoms with E-state index in [1.165, 1.54) is 193 Å². The van der Waals surface area contributed by atoms with Crippen LogP contribution >= 0.6 is 45.3 Å². The van der Waals surface area contributed by atoms with E-state index in [2.05, 4.69) is 449 Å². The number of nitrogens with zero attached hydrogens (tertiary/aromatic N) is 10. The van der Waals surface area contributed by atoms with Gasteiger partial charge in [0.2, 0.25) is 0 Å². The highest BCUT2D eigenvalue weighted by Gasteiger charge is 2.25. The SMILES string of the molecule is c1cc(-c2ccc(-c3cccc4c3sc3ccccc34)cc2)cc(-c2cnc3sc4ccc5ccccc5c4c3n2)c1.c1ccc(-n2c3ccccc3c3cc(-c4ccc5c(c4)c4ccccc4n5-c4cnc5sc6ccc7ccccc7c6c5n4)ccc32)cc1.c1ccc(-n2c3ccccc3c3cc(-c4ccc5c6ccccc6n(-c6cnc7sc8ccc9ccccc9c8c7n6)c5c4)ccc32)cc1. The third kappa shape index (κ3) is 12.8. The van der Waals surface area contributed by atoms with Crippen molar-refractivity contribution < 1.29 is 0 Å². The minimum atomic E-state index is 0.824. The van der Waals surface area contributed by atoms with Crippen LogP contribution in [0.3, 0.4) is 0 Å². The molecule has 31 rings (SSSR count). The zero-order valence-corrected chi connectivity index (χ0v) is 78.1. The van der Waals surface area contributed by atoms with Gasteiger partial charge in [-0.3, -0.25) is 9.13 Å². The number of rotatable bonds is 9. The fourth-order valence-electron chi connectivity index (χ4n) is 21.7. The molecule has 0 aliphatic carbocycles. The molecule has 0 atom stereocenters. The van der Waals surface area contributed by atoms with Gasteiger partial charge in [0.15, 0.2) is 11.6 Å². The lowest BCUT2D eigenvalue weighted by Gasteiger charge is -2.09. The summed E-state index contributed by atoms with van der Waals surface area (Å²) in [4.78, 5) is 33.6. The van der Waals surface area contributed by atoms with Crippen LogP contribution in [0.4, 0.5) is 0 Å². The van der Waals surface area contributed by atoms with E-state index in [0.29, 0.717) is 0 Å². The van der Waals surface area contributed by atoms with E-state index in [4.69, 9.17) is 29.9 Å². The van der Waals surface area contributed by atoms with Crippen molar-refractivity contribution in [3.63, 3.8) is 0 Å². The number of para-hydroxylation sites is 6. The van der Waals surface area contributed by atoms with Crippen LogP contribution < -0.4 is 0 Å². The van der Waals surface area contributed by atoms with Crippen molar-refractivity contribution in [2.75, 3.05) is 0 Å². The Morgan fingerprint density at radius 2 is 0.536 bits per heavy atom. The van der Waals surface area contributed by atoms with E-state index < -0.39 is 0 Å². The molecule has 0 spiro atoms. The van der Waals surface area contributed by atoms with E-state index in [9.17, 15) is 0 Å². The lowest BCUT2D eigenvalue weighted by molar-refractivity contribution is 1.08. The molecular formula is C126H74N10S4. The lowest BCUT2D eigenvalue weighted by atomic mass is 9.98. The highest BCUT2D eigenvalue weighted by Crippen LogP contribution is 2.48. The predicted octanol–water partition coefficient (Wildman–Crippen LogP) is 35.1. The van der Waals surface area contributed by atoms with Crippen molar-refractivity contribution in [3.05, 3.63) is 449 Å². The number of aromatic nitrogens is 10. The summed E-state index contributed by atoms with van der Waals surface area (Å²) in [5.41, 5.74) is 26.1. The molecule has 11 aromatic heterocycles. The molecule has 14 heteroatoms. The second kappa shape index (κ2) is 32.1. The van der Waals surface area contributed by atoms with Gasteiger partial charge >= 0.3 is 0 Å². The quantitative estimate of drug-likeness (QED) is 0.143. The molecule has 0 bridgehead atoms. The highest BCUT2D eigenvalue weighted by molar-refractivity contribution is 7.27. The zero-order chi connectivity index (χ0) is 91.7. The molecule has 0 aliphatic heterocycles. The molecule has 0 amide bonds. The molecule has 11 heterocycles. The van der Waals surface area contributed by atoms with Gasteiger partial charge in [-0.15, -0.1) is 45.3 Å². The molecule has 0 saturated carbocycles.